The van der Waals surface area contributed by atoms with E-state index in [1.54, 1.807) is 30.0 Å². The summed E-state index contributed by atoms with van der Waals surface area (Å²) >= 11 is 1.63. The normalized spacial score (nSPS) is 16.8. The molecule has 1 unspecified atom stereocenters. The highest BCUT2D eigenvalue weighted by Crippen LogP contribution is 2.26. The van der Waals surface area contributed by atoms with E-state index in [0.717, 1.165) is 36.0 Å². The van der Waals surface area contributed by atoms with Crippen LogP contribution in [-0.4, -0.2) is 33.2 Å². The molecule has 0 saturated carbocycles. The quantitative estimate of drug-likeness (QED) is 0.542. The predicted molar refractivity (Wildman–Crippen MR) is 106 cm³/mol. The number of hydrogen-bond acceptors (Lipinski definition) is 5. The lowest BCUT2D eigenvalue weighted by molar-refractivity contribution is 0.0315. The van der Waals surface area contributed by atoms with Gasteiger partial charge in [0.15, 0.2) is 22.5 Å². The third-order valence-corrected chi connectivity index (χ3v) is 5.64. The van der Waals surface area contributed by atoms with E-state index in [-0.39, 0.29) is 18.5 Å². The fourth-order valence-electron chi connectivity index (χ4n) is 3.13. The van der Waals surface area contributed by atoms with Gasteiger partial charge in [0.1, 0.15) is 6.61 Å². The van der Waals surface area contributed by atoms with E-state index in [1.807, 2.05) is 34.9 Å². The first-order valence-corrected chi connectivity index (χ1v) is 10.4. The molecule has 1 aliphatic heterocycles. The summed E-state index contributed by atoms with van der Waals surface area (Å²) in [4.78, 5) is 0. The van der Waals surface area contributed by atoms with Crippen molar-refractivity contribution >= 4 is 11.8 Å². The Hall–Kier alpha value is -2.38. The number of ether oxygens (including phenoxy) is 2. The number of hydrogen-bond donors (Lipinski definition) is 0. The molecular weight excluding hydrogens is 377 g/mol. The average molecular weight is 399 g/mol. The molecule has 1 fully saturated rings. The summed E-state index contributed by atoms with van der Waals surface area (Å²) in [6, 6.07) is 16.3. The summed E-state index contributed by atoms with van der Waals surface area (Å²) < 4.78 is 27.3. The van der Waals surface area contributed by atoms with Crippen LogP contribution in [0.5, 0.6) is 5.75 Å². The third kappa shape index (κ3) is 4.54. The Morgan fingerprint density at radius 3 is 2.68 bits per heavy atom. The van der Waals surface area contributed by atoms with Crippen molar-refractivity contribution in [1.29, 1.82) is 0 Å². The van der Waals surface area contributed by atoms with E-state index in [4.69, 9.17) is 9.47 Å². The lowest BCUT2D eigenvalue weighted by atomic mass is 10.1. The molecule has 1 saturated heterocycles. The number of rotatable bonds is 7. The van der Waals surface area contributed by atoms with Crippen LogP contribution in [0.2, 0.25) is 0 Å². The zero-order chi connectivity index (χ0) is 19.2. The van der Waals surface area contributed by atoms with Gasteiger partial charge in [-0.05, 0) is 43.5 Å². The van der Waals surface area contributed by atoms with Crippen LogP contribution in [-0.2, 0) is 11.3 Å². The highest BCUT2D eigenvalue weighted by molar-refractivity contribution is 7.99. The summed E-state index contributed by atoms with van der Waals surface area (Å²) in [5, 5.41) is 9.45. The van der Waals surface area contributed by atoms with Crippen molar-refractivity contribution in [1.82, 2.24) is 14.8 Å². The number of aromatic nitrogens is 3. The average Bonchev–Trinajstić information content (AvgIpc) is 3.16. The predicted octanol–water partition coefficient (Wildman–Crippen LogP) is 4.65. The molecule has 1 aromatic heterocycles. The van der Waals surface area contributed by atoms with Crippen molar-refractivity contribution in [2.75, 3.05) is 12.4 Å². The number of nitrogens with zero attached hydrogens (tertiary/aromatic N) is 3. The van der Waals surface area contributed by atoms with Crippen LogP contribution in [0.15, 0.2) is 59.8 Å². The van der Waals surface area contributed by atoms with Gasteiger partial charge in [-0.3, -0.25) is 4.57 Å². The lowest BCUT2D eigenvalue weighted by Crippen LogP contribution is -2.21. The standard InChI is InChI=1S/C21H22FN3O2S/c22-18-11-4-5-12-19(18)27-14-20-23-24-21(25(20)16-8-2-1-3-9-16)28-15-17-10-6-7-13-26-17/h1-5,8-9,11-12,17H,6-7,10,13-15H2. The molecule has 0 aliphatic carbocycles. The van der Waals surface area contributed by atoms with Crippen LogP contribution >= 0.6 is 11.8 Å². The van der Waals surface area contributed by atoms with Crippen molar-refractivity contribution in [2.45, 2.75) is 37.1 Å². The van der Waals surface area contributed by atoms with E-state index < -0.39 is 5.82 Å². The van der Waals surface area contributed by atoms with Crippen molar-refractivity contribution in [3.8, 4) is 11.4 Å². The van der Waals surface area contributed by atoms with Crippen molar-refractivity contribution in [3.63, 3.8) is 0 Å². The minimum atomic E-state index is -0.391. The molecule has 5 nitrogen and oxygen atoms in total. The van der Waals surface area contributed by atoms with Gasteiger partial charge >= 0.3 is 0 Å². The Labute approximate surface area is 167 Å². The monoisotopic (exact) mass is 399 g/mol. The summed E-state index contributed by atoms with van der Waals surface area (Å²) in [6.45, 7) is 0.960. The molecule has 1 aliphatic rings. The Morgan fingerprint density at radius 2 is 1.89 bits per heavy atom. The Morgan fingerprint density at radius 1 is 1.07 bits per heavy atom. The molecular formula is C21H22FN3O2S. The first-order valence-electron chi connectivity index (χ1n) is 9.43. The molecule has 28 heavy (non-hydrogen) atoms. The molecule has 146 valence electrons. The molecule has 0 radical (unpaired) electrons. The zero-order valence-corrected chi connectivity index (χ0v) is 16.3. The minimum Gasteiger partial charge on any atom is -0.483 e. The SMILES string of the molecule is Fc1ccccc1OCc1nnc(SCC2CCCCO2)n1-c1ccccc1. The van der Waals surface area contributed by atoms with Crippen molar-refractivity contribution in [2.24, 2.45) is 0 Å². The summed E-state index contributed by atoms with van der Waals surface area (Å²) in [5.41, 5.74) is 0.951. The fraction of sp³-hybridized carbons (Fsp3) is 0.333. The molecule has 0 spiro atoms. The fourth-order valence-corrected chi connectivity index (χ4v) is 4.17. The van der Waals surface area contributed by atoms with Crippen molar-refractivity contribution < 1.29 is 13.9 Å². The topological polar surface area (TPSA) is 49.2 Å². The Kier molecular flexibility index (Phi) is 6.24. The Balaban J connectivity index is 1.54. The molecule has 3 aromatic rings. The molecule has 2 aromatic carbocycles. The third-order valence-electron chi connectivity index (χ3n) is 4.58. The smallest absolute Gasteiger partial charge is 0.196 e. The van der Waals surface area contributed by atoms with Gasteiger partial charge in [0.25, 0.3) is 0 Å². The molecule has 1 atom stereocenters. The van der Waals surface area contributed by atoms with Crippen LogP contribution in [0, 0.1) is 5.82 Å². The zero-order valence-electron chi connectivity index (χ0n) is 15.5. The maximum absolute atomic E-state index is 13.9. The van der Waals surface area contributed by atoms with E-state index in [9.17, 15) is 4.39 Å². The second-order valence-electron chi connectivity index (χ2n) is 6.59. The Bertz CT molecular complexity index is 898. The second-order valence-corrected chi connectivity index (χ2v) is 7.58. The second kappa shape index (κ2) is 9.21. The van der Waals surface area contributed by atoms with Gasteiger partial charge in [-0.1, -0.05) is 42.1 Å². The maximum Gasteiger partial charge on any atom is 0.196 e. The number of benzene rings is 2. The molecule has 0 bridgehead atoms. The van der Waals surface area contributed by atoms with Gasteiger partial charge in [0.05, 0.1) is 6.10 Å². The van der Waals surface area contributed by atoms with Gasteiger partial charge in [-0.2, -0.15) is 0 Å². The number of halogens is 1. The number of para-hydroxylation sites is 2. The molecule has 4 rings (SSSR count). The van der Waals surface area contributed by atoms with E-state index in [0.29, 0.717) is 5.82 Å². The minimum absolute atomic E-state index is 0.128. The van der Waals surface area contributed by atoms with Gasteiger partial charge in [-0.25, -0.2) is 4.39 Å². The van der Waals surface area contributed by atoms with Crippen LogP contribution < -0.4 is 4.74 Å². The first kappa shape index (κ1) is 19.0. The summed E-state index contributed by atoms with van der Waals surface area (Å²) in [6.07, 6.45) is 3.67. The van der Waals surface area contributed by atoms with Crippen molar-refractivity contribution in [3.05, 3.63) is 66.2 Å². The van der Waals surface area contributed by atoms with Gasteiger partial charge < -0.3 is 9.47 Å². The number of thioether (sulfide) groups is 1. The molecule has 7 heteroatoms. The van der Waals surface area contributed by atoms with Crippen LogP contribution in [0.25, 0.3) is 5.69 Å². The van der Waals surface area contributed by atoms with Crippen LogP contribution in [0.4, 0.5) is 4.39 Å². The molecule has 0 N–H and O–H groups in total. The van der Waals surface area contributed by atoms with Gasteiger partial charge in [-0.15, -0.1) is 10.2 Å². The van der Waals surface area contributed by atoms with E-state index >= 15 is 0 Å². The highest BCUT2D eigenvalue weighted by atomic mass is 32.2. The van der Waals surface area contributed by atoms with Gasteiger partial charge in [0, 0.05) is 18.0 Å². The lowest BCUT2D eigenvalue weighted by Gasteiger charge is -2.22. The molecule has 0 amide bonds. The summed E-state index contributed by atoms with van der Waals surface area (Å²) in [7, 11) is 0. The maximum atomic E-state index is 13.9. The molecule has 2 heterocycles. The van der Waals surface area contributed by atoms with E-state index in [2.05, 4.69) is 10.2 Å². The summed E-state index contributed by atoms with van der Waals surface area (Å²) in [5.74, 6) is 1.27. The largest absolute Gasteiger partial charge is 0.483 e. The van der Waals surface area contributed by atoms with Crippen LogP contribution in [0.3, 0.4) is 0 Å². The first-order chi connectivity index (χ1) is 13.8. The van der Waals surface area contributed by atoms with Crippen LogP contribution in [0.1, 0.15) is 25.1 Å². The van der Waals surface area contributed by atoms with E-state index in [1.165, 1.54) is 12.5 Å². The highest BCUT2D eigenvalue weighted by Gasteiger charge is 2.19. The van der Waals surface area contributed by atoms with Gasteiger partial charge in [0.2, 0.25) is 0 Å².